The quantitative estimate of drug-likeness (QED) is 0.759. The van der Waals surface area contributed by atoms with Crippen molar-refractivity contribution in [3.8, 4) is 0 Å². The van der Waals surface area contributed by atoms with Gasteiger partial charge in [0.1, 0.15) is 0 Å². The van der Waals surface area contributed by atoms with Gasteiger partial charge in [-0.15, -0.1) is 0 Å². The van der Waals surface area contributed by atoms with Crippen molar-refractivity contribution in [1.82, 2.24) is 5.32 Å². The summed E-state index contributed by atoms with van der Waals surface area (Å²) < 4.78 is 5.87. The molecule has 0 aliphatic carbocycles. The second kappa shape index (κ2) is 8.11. The molecule has 0 saturated carbocycles. The molecule has 0 bridgehead atoms. The number of rotatable bonds is 7. The molecule has 1 amide bonds. The van der Waals surface area contributed by atoms with Crippen LogP contribution >= 0.6 is 15.9 Å². The number of hydrogen-bond acceptors (Lipinski definition) is 3. The minimum atomic E-state index is 0.0304. The molecule has 100 valence electrons. The lowest BCUT2D eigenvalue weighted by atomic mass is 10.2. The number of benzene rings is 1. The van der Waals surface area contributed by atoms with E-state index in [-0.39, 0.29) is 5.91 Å². The monoisotopic (exact) mass is 314 g/mol. The highest BCUT2D eigenvalue weighted by molar-refractivity contribution is 9.10. The van der Waals surface area contributed by atoms with Crippen molar-refractivity contribution in [2.75, 3.05) is 32.1 Å². The number of anilines is 1. The average Bonchev–Trinajstić information content (AvgIpc) is 2.32. The first-order chi connectivity index (χ1) is 8.63. The number of carbonyl (C=O) groups is 1. The Morgan fingerprint density at radius 2 is 2.17 bits per heavy atom. The van der Waals surface area contributed by atoms with E-state index in [1.165, 1.54) is 5.56 Å². The Morgan fingerprint density at radius 1 is 1.39 bits per heavy atom. The summed E-state index contributed by atoms with van der Waals surface area (Å²) in [6.07, 6.45) is 0.448. The van der Waals surface area contributed by atoms with E-state index in [1.54, 1.807) is 7.11 Å². The van der Waals surface area contributed by atoms with E-state index in [0.717, 1.165) is 10.2 Å². The molecular weight excluding hydrogens is 296 g/mol. The van der Waals surface area contributed by atoms with Gasteiger partial charge in [-0.3, -0.25) is 4.79 Å². The van der Waals surface area contributed by atoms with E-state index in [9.17, 15) is 4.79 Å². The molecule has 0 aliphatic heterocycles. The first-order valence-electron chi connectivity index (χ1n) is 5.89. The highest BCUT2D eigenvalue weighted by Crippen LogP contribution is 2.23. The number of halogens is 1. The zero-order chi connectivity index (χ0) is 13.4. The third-order valence-electron chi connectivity index (χ3n) is 2.42. The summed E-state index contributed by atoms with van der Waals surface area (Å²) in [6.45, 7) is 3.75. The molecule has 0 aliphatic rings. The van der Waals surface area contributed by atoms with E-state index in [0.29, 0.717) is 26.1 Å². The summed E-state index contributed by atoms with van der Waals surface area (Å²) in [5.41, 5.74) is 2.20. The van der Waals surface area contributed by atoms with Gasteiger partial charge in [-0.2, -0.15) is 0 Å². The second-order valence-electron chi connectivity index (χ2n) is 4.00. The fourth-order valence-electron chi connectivity index (χ4n) is 1.46. The van der Waals surface area contributed by atoms with Crippen molar-refractivity contribution < 1.29 is 9.53 Å². The van der Waals surface area contributed by atoms with Crippen LogP contribution in [0.4, 0.5) is 5.69 Å². The third-order valence-corrected chi connectivity index (χ3v) is 3.08. The third kappa shape index (κ3) is 5.51. The lowest BCUT2D eigenvalue weighted by Gasteiger charge is -2.09. The minimum absolute atomic E-state index is 0.0304. The van der Waals surface area contributed by atoms with Gasteiger partial charge < -0.3 is 15.4 Å². The van der Waals surface area contributed by atoms with E-state index in [2.05, 4.69) is 26.6 Å². The van der Waals surface area contributed by atoms with Gasteiger partial charge in [-0.05, 0) is 40.5 Å². The lowest BCUT2D eigenvalue weighted by molar-refractivity contribution is -0.121. The lowest BCUT2D eigenvalue weighted by Crippen LogP contribution is -2.28. The van der Waals surface area contributed by atoms with Gasteiger partial charge in [0.05, 0.1) is 6.61 Å². The molecule has 1 rings (SSSR count). The molecule has 0 saturated heterocycles. The molecular formula is C13H19BrN2O2. The Labute approximate surface area is 116 Å². The number of hydrogen-bond donors (Lipinski definition) is 2. The number of amides is 1. The molecule has 1 aromatic rings. The van der Waals surface area contributed by atoms with Gasteiger partial charge in [0.15, 0.2) is 0 Å². The largest absolute Gasteiger partial charge is 0.384 e. The van der Waals surface area contributed by atoms with Crippen LogP contribution in [0.1, 0.15) is 12.0 Å². The first-order valence-corrected chi connectivity index (χ1v) is 6.68. The first kappa shape index (κ1) is 15.0. The average molecular weight is 315 g/mol. The number of methoxy groups -OCH3 is 1. The van der Waals surface area contributed by atoms with Crippen LogP contribution in [0.3, 0.4) is 0 Å². The molecule has 0 spiro atoms. The molecule has 0 unspecified atom stereocenters. The SMILES string of the molecule is COCCNC(=O)CCNc1ccc(C)cc1Br. The standard InChI is InChI=1S/C13H19BrN2O2/c1-10-3-4-12(11(14)9-10)15-6-5-13(17)16-7-8-18-2/h3-4,9,15H,5-8H2,1-2H3,(H,16,17). The van der Waals surface area contributed by atoms with Gasteiger partial charge in [0, 0.05) is 36.8 Å². The zero-order valence-corrected chi connectivity index (χ0v) is 12.3. The Balaban J connectivity index is 2.26. The smallest absolute Gasteiger partial charge is 0.221 e. The maximum atomic E-state index is 11.4. The van der Waals surface area contributed by atoms with Gasteiger partial charge in [0.25, 0.3) is 0 Å². The van der Waals surface area contributed by atoms with Crippen molar-refractivity contribution in [3.63, 3.8) is 0 Å². The van der Waals surface area contributed by atoms with Crippen LogP contribution in [0.5, 0.6) is 0 Å². The molecule has 0 fully saturated rings. The summed E-state index contributed by atoms with van der Waals surface area (Å²) in [5.74, 6) is 0.0304. The second-order valence-corrected chi connectivity index (χ2v) is 4.86. The maximum Gasteiger partial charge on any atom is 0.221 e. The molecule has 0 aromatic heterocycles. The van der Waals surface area contributed by atoms with E-state index >= 15 is 0 Å². The zero-order valence-electron chi connectivity index (χ0n) is 10.8. The Kier molecular flexibility index (Phi) is 6.75. The van der Waals surface area contributed by atoms with E-state index in [1.807, 2.05) is 25.1 Å². The fourth-order valence-corrected chi connectivity index (χ4v) is 2.09. The Hall–Kier alpha value is -1.07. The van der Waals surface area contributed by atoms with E-state index in [4.69, 9.17) is 4.74 Å². The highest BCUT2D eigenvalue weighted by Gasteiger charge is 2.02. The summed E-state index contributed by atoms with van der Waals surface area (Å²) in [4.78, 5) is 11.4. The number of aryl methyl sites for hydroxylation is 1. The molecule has 0 radical (unpaired) electrons. The van der Waals surface area contributed by atoms with Crippen molar-refractivity contribution in [3.05, 3.63) is 28.2 Å². The summed E-state index contributed by atoms with van der Waals surface area (Å²) in [7, 11) is 1.61. The van der Waals surface area contributed by atoms with Crippen LogP contribution in [0.25, 0.3) is 0 Å². The van der Waals surface area contributed by atoms with Crippen LogP contribution in [0.15, 0.2) is 22.7 Å². The Bertz CT molecular complexity index is 397. The number of ether oxygens (including phenoxy) is 1. The summed E-state index contributed by atoms with van der Waals surface area (Å²) >= 11 is 3.49. The predicted octanol–water partition coefficient (Wildman–Crippen LogP) is 2.32. The van der Waals surface area contributed by atoms with Crippen LogP contribution < -0.4 is 10.6 Å². The normalized spacial score (nSPS) is 10.2. The number of carbonyl (C=O) groups excluding carboxylic acids is 1. The molecule has 0 atom stereocenters. The van der Waals surface area contributed by atoms with Gasteiger partial charge in [0.2, 0.25) is 5.91 Å². The summed E-state index contributed by atoms with van der Waals surface area (Å²) in [6, 6.07) is 6.08. The minimum Gasteiger partial charge on any atom is -0.384 e. The van der Waals surface area contributed by atoms with Crippen molar-refractivity contribution in [2.24, 2.45) is 0 Å². The van der Waals surface area contributed by atoms with Gasteiger partial charge >= 0.3 is 0 Å². The predicted molar refractivity (Wildman–Crippen MR) is 76.9 cm³/mol. The maximum absolute atomic E-state index is 11.4. The molecule has 2 N–H and O–H groups in total. The Morgan fingerprint density at radius 3 is 2.83 bits per heavy atom. The van der Waals surface area contributed by atoms with E-state index < -0.39 is 0 Å². The van der Waals surface area contributed by atoms with Crippen LogP contribution in [0, 0.1) is 6.92 Å². The molecule has 18 heavy (non-hydrogen) atoms. The van der Waals surface area contributed by atoms with Crippen molar-refractivity contribution in [1.29, 1.82) is 0 Å². The van der Waals surface area contributed by atoms with Crippen LogP contribution in [-0.4, -0.2) is 32.7 Å². The van der Waals surface area contributed by atoms with Gasteiger partial charge in [-0.25, -0.2) is 0 Å². The van der Waals surface area contributed by atoms with Gasteiger partial charge in [-0.1, -0.05) is 6.07 Å². The topological polar surface area (TPSA) is 50.4 Å². The van der Waals surface area contributed by atoms with Crippen molar-refractivity contribution >= 4 is 27.5 Å². The van der Waals surface area contributed by atoms with Crippen molar-refractivity contribution in [2.45, 2.75) is 13.3 Å². The fraction of sp³-hybridized carbons (Fsp3) is 0.462. The molecule has 1 aromatic carbocycles. The summed E-state index contributed by atoms with van der Waals surface area (Å²) in [5, 5.41) is 6.00. The highest BCUT2D eigenvalue weighted by atomic mass is 79.9. The molecule has 5 heteroatoms. The number of nitrogens with one attached hydrogen (secondary N) is 2. The molecule has 0 heterocycles. The van der Waals surface area contributed by atoms with Crippen LogP contribution in [-0.2, 0) is 9.53 Å². The molecule has 4 nitrogen and oxygen atoms in total. The van der Waals surface area contributed by atoms with Crippen LogP contribution in [0.2, 0.25) is 0 Å².